The summed E-state index contributed by atoms with van der Waals surface area (Å²) < 4.78 is 0. The molecule has 0 aromatic heterocycles. The topological polar surface area (TPSA) is 0 Å². The fourth-order valence-electron chi connectivity index (χ4n) is 1.40. The average Bonchev–Trinajstić information content (AvgIpc) is 2.61. The van der Waals surface area contributed by atoms with Crippen LogP contribution in [0.4, 0.5) is 0 Å². The average molecular weight is 194 g/mol. The van der Waals surface area contributed by atoms with E-state index in [1.807, 2.05) is 23.5 Å². The molecule has 0 spiro atoms. The van der Waals surface area contributed by atoms with E-state index in [-0.39, 0.29) is 0 Å². The van der Waals surface area contributed by atoms with Gasteiger partial charge in [-0.2, -0.15) is 0 Å². The minimum absolute atomic E-state index is 1.37. The molecular formula is C10H10S2. The van der Waals surface area contributed by atoms with Gasteiger partial charge in [0.25, 0.3) is 0 Å². The van der Waals surface area contributed by atoms with Crippen LogP contribution in [0.25, 0.3) is 0 Å². The summed E-state index contributed by atoms with van der Waals surface area (Å²) in [6.45, 7) is 0. The molecule has 0 amide bonds. The Morgan fingerprint density at radius 2 is 1.83 bits per heavy atom. The highest BCUT2D eigenvalue weighted by atomic mass is 32.2. The fraction of sp³-hybridized carbons (Fsp3) is 0.200. The summed E-state index contributed by atoms with van der Waals surface area (Å²) in [5.41, 5.74) is 2.79. The van der Waals surface area contributed by atoms with Gasteiger partial charge in [-0.25, -0.2) is 0 Å². The Morgan fingerprint density at radius 3 is 2.50 bits per heavy atom. The molecule has 0 atom stereocenters. The Labute approximate surface area is 81.5 Å². The molecule has 0 fully saturated rings. The lowest BCUT2D eigenvalue weighted by Gasteiger charge is -1.95. The van der Waals surface area contributed by atoms with Gasteiger partial charge >= 0.3 is 0 Å². The Morgan fingerprint density at radius 1 is 1.00 bits per heavy atom. The van der Waals surface area contributed by atoms with Crippen molar-refractivity contribution in [2.24, 2.45) is 0 Å². The van der Waals surface area contributed by atoms with Crippen LogP contribution in [0.3, 0.4) is 0 Å². The number of rotatable bonds is 2. The molecule has 12 heavy (non-hydrogen) atoms. The van der Waals surface area contributed by atoms with E-state index in [4.69, 9.17) is 0 Å². The minimum atomic E-state index is 1.37. The summed E-state index contributed by atoms with van der Waals surface area (Å²) >= 11 is 3.63. The predicted molar refractivity (Wildman–Crippen MR) is 59.4 cm³/mol. The third kappa shape index (κ3) is 1.19. The van der Waals surface area contributed by atoms with E-state index in [2.05, 4.69) is 36.8 Å². The molecule has 62 valence electrons. The summed E-state index contributed by atoms with van der Waals surface area (Å²) in [5.74, 6) is 0. The number of hydrogen-bond acceptors (Lipinski definition) is 2. The number of allylic oxidation sites excluding steroid dienone is 6. The third-order valence-corrected chi connectivity index (χ3v) is 3.53. The SMILES string of the molecule is CSC1=CC2=C(SC)C=CC2=C1. The third-order valence-electron chi connectivity index (χ3n) is 2.03. The van der Waals surface area contributed by atoms with Gasteiger partial charge in [0, 0.05) is 9.81 Å². The van der Waals surface area contributed by atoms with Crippen LogP contribution in [0.5, 0.6) is 0 Å². The van der Waals surface area contributed by atoms with Crippen molar-refractivity contribution in [1.29, 1.82) is 0 Å². The van der Waals surface area contributed by atoms with Gasteiger partial charge in [0.2, 0.25) is 0 Å². The molecule has 2 aliphatic rings. The van der Waals surface area contributed by atoms with Crippen LogP contribution in [0.2, 0.25) is 0 Å². The maximum Gasteiger partial charge on any atom is 0.0148 e. The van der Waals surface area contributed by atoms with Gasteiger partial charge < -0.3 is 0 Å². The molecule has 0 bridgehead atoms. The Kier molecular flexibility index (Phi) is 2.20. The Hall–Kier alpha value is -0.340. The Balaban J connectivity index is 2.40. The van der Waals surface area contributed by atoms with Crippen LogP contribution in [0.15, 0.2) is 45.3 Å². The molecule has 0 saturated heterocycles. The first-order valence-electron chi connectivity index (χ1n) is 3.79. The van der Waals surface area contributed by atoms with Crippen molar-refractivity contribution in [2.75, 3.05) is 12.5 Å². The first kappa shape index (κ1) is 8.27. The van der Waals surface area contributed by atoms with Crippen LogP contribution < -0.4 is 0 Å². The van der Waals surface area contributed by atoms with Gasteiger partial charge in [0.05, 0.1) is 0 Å². The number of hydrogen-bond donors (Lipinski definition) is 0. The molecular weight excluding hydrogens is 184 g/mol. The molecule has 0 nitrogen and oxygen atoms in total. The van der Waals surface area contributed by atoms with E-state index in [9.17, 15) is 0 Å². The lowest BCUT2D eigenvalue weighted by molar-refractivity contribution is 1.68. The highest BCUT2D eigenvalue weighted by molar-refractivity contribution is 8.03. The van der Waals surface area contributed by atoms with Crippen molar-refractivity contribution in [3.05, 3.63) is 45.3 Å². The van der Waals surface area contributed by atoms with Crippen molar-refractivity contribution in [1.82, 2.24) is 0 Å². The van der Waals surface area contributed by atoms with Gasteiger partial charge in [-0.1, -0.05) is 6.08 Å². The highest BCUT2D eigenvalue weighted by Crippen LogP contribution is 2.39. The van der Waals surface area contributed by atoms with E-state index in [0.29, 0.717) is 0 Å². The monoisotopic (exact) mass is 194 g/mol. The van der Waals surface area contributed by atoms with Crippen molar-refractivity contribution in [3.8, 4) is 0 Å². The summed E-state index contributed by atoms with van der Waals surface area (Å²) in [7, 11) is 0. The second-order valence-corrected chi connectivity index (χ2v) is 4.39. The van der Waals surface area contributed by atoms with Crippen LogP contribution in [-0.2, 0) is 0 Å². The van der Waals surface area contributed by atoms with Gasteiger partial charge in [-0.15, -0.1) is 23.5 Å². The van der Waals surface area contributed by atoms with Crippen molar-refractivity contribution >= 4 is 23.5 Å². The lowest BCUT2D eigenvalue weighted by Crippen LogP contribution is -1.73. The zero-order chi connectivity index (χ0) is 8.55. The summed E-state index contributed by atoms with van der Waals surface area (Å²) in [4.78, 5) is 2.77. The maximum atomic E-state index is 2.27. The molecule has 2 heteroatoms. The number of fused-ring (bicyclic) bond motifs is 1. The minimum Gasteiger partial charge on any atom is -0.130 e. The Bertz CT molecular complexity index is 330. The molecule has 2 aliphatic carbocycles. The van der Waals surface area contributed by atoms with Crippen LogP contribution >= 0.6 is 23.5 Å². The van der Waals surface area contributed by atoms with E-state index < -0.39 is 0 Å². The normalized spacial score (nSPS) is 19.8. The molecule has 0 unspecified atom stereocenters. The highest BCUT2D eigenvalue weighted by Gasteiger charge is 2.16. The second kappa shape index (κ2) is 3.19. The smallest absolute Gasteiger partial charge is 0.0148 e. The van der Waals surface area contributed by atoms with E-state index in [1.54, 1.807) is 0 Å². The summed E-state index contributed by atoms with van der Waals surface area (Å²) in [6, 6.07) is 0. The molecule has 0 aliphatic heterocycles. The van der Waals surface area contributed by atoms with Crippen molar-refractivity contribution in [2.45, 2.75) is 0 Å². The largest absolute Gasteiger partial charge is 0.130 e. The van der Waals surface area contributed by atoms with Crippen LogP contribution in [0.1, 0.15) is 0 Å². The second-order valence-electron chi connectivity index (χ2n) is 2.67. The van der Waals surface area contributed by atoms with Gasteiger partial charge in [0.15, 0.2) is 0 Å². The van der Waals surface area contributed by atoms with Gasteiger partial charge in [-0.3, -0.25) is 0 Å². The van der Waals surface area contributed by atoms with Gasteiger partial charge in [-0.05, 0) is 41.9 Å². The first-order valence-corrected chi connectivity index (χ1v) is 6.24. The van der Waals surface area contributed by atoms with E-state index in [1.165, 1.54) is 21.0 Å². The zero-order valence-electron chi connectivity index (χ0n) is 7.13. The first-order chi connectivity index (χ1) is 5.85. The van der Waals surface area contributed by atoms with E-state index in [0.717, 1.165) is 0 Å². The summed E-state index contributed by atoms with van der Waals surface area (Å²) in [5, 5.41) is 0. The quantitative estimate of drug-likeness (QED) is 0.661. The molecule has 0 saturated carbocycles. The molecule has 0 heterocycles. The van der Waals surface area contributed by atoms with Crippen LogP contribution in [-0.4, -0.2) is 12.5 Å². The fourth-order valence-corrected chi connectivity index (χ4v) is 2.48. The van der Waals surface area contributed by atoms with Crippen molar-refractivity contribution in [3.63, 3.8) is 0 Å². The van der Waals surface area contributed by atoms with E-state index >= 15 is 0 Å². The summed E-state index contributed by atoms with van der Waals surface area (Å²) in [6.07, 6.45) is 13.2. The number of thioether (sulfide) groups is 2. The van der Waals surface area contributed by atoms with Crippen molar-refractivity contribution < 1.29 is 0 Å². The lowest BCUT2D eigenvalue weighted by atomic mass is 10.2. The molecule has 0 aromatic carbocycles. The standard InChI is InChI=1S/C10H10S2/c1-11-8-5-7-3-4-10(12-2)9(7)6-8/h3-6H,1-2H3. The molecule has 0 N–H and O–H groups in total. The van der Waals surface area contributed by atoms with Gasteiger partial charge in [0.1, 0.15) is 0 Å². The molecule has 0 radical (unpaired) electrons. The zero-order valence-corrected chi connectivity index (χ0v) is 8.76. The maximum absolute atomic E-state index is 2.27. The molecule has 0 aromatic rings. The predicted octanol–water partition coefficient (Wildman–Crippen LogP) is 3.36. The molecule has 2 rings (SSSR count). The van der Waals surface area contributed by atoms with Crippen LogP contribution in [0, 0.1) is 0 Å².